The van der Waals surface area contributed by atoms with Crippen LogP contribution in [0.25, 0.3) is 0 Å². The molecule has 0 aliphatic rings. The largest absolute Gasteiger partial charge is 0.462 e. The van der Waals surface area contributed by atoms with Gasteiger partial charge in [0, 0.05) is 25.4 Å². The summed E-state index contributed by atoms with van der Waals surface area (Å²) >= 11 is 0. The van der Waals surface area contributed by atoms with Crippen LogP contribution in [-0.4, -0.2) is 76.3 Å². The van der Waals surface area contributed by atoms with Gasteiger partial charge in [0.05, 0.1) is 34.9 Å². The van der Waals surface area contributed by atoms with Crippen LogP contribution >= 0.6 is 0 Å². The lowest BCUT2D eigenvalue weighted by Crippen LogP contribution is -2.30. The van der Waals surface area contributed by atoms with E-state index in [1.807, 2.05) is 27.7 Å². The number of esters is 2. The van der Waals surface area contributed by atoms with E-state index in [-0.39, 0.29) is 30.1 Å². The molecule has 0 aliphatic carbocycles. The van der Waals surface area contributed by atoms with Crippen LogP contribution in [0.15, 0.2) is 24.3 Å². The molecule has 0 spiro atoms. The van der Waals surface area contributed by atoms with E-state index in [9.17, 15) is 9.59 Å². The molecule has 0 aromatic rings. The molecule has 0 unspecified atom stereocenters. The van der Waals surface area contributed by atoms with Crippen molar-refractivity contribution in [2.75, 3.05) is 27.4 Å². The second kappa shape index (κ2) is 21.2. The normalized spacial score (nSPS) is 11.3. The maximum absolute atomic E-state index is 11.2. The van der Waals surface area contributed by atoms with Crippen LogP contribution in [0.1, 0.15) is 54.4 Å². The zero-order valence-electron chi connectivity index (χ0n) is 21.9. The van der Waals surface area contributed by atoms with E-state index in [1.54, 1.807) is 28.1 Å². The minimum absolute atomic E-state index is 0.0446. The zero-order valence-corrected chi connectivity index (χ0v) is 24.5. The molecule has 0 rings (SSSR count). The summed E-state index contributed by atoms with van der Waals surface area (Å²) in [4.78, 5) is 22.1. The summed E-state index contributed by atoms with van der Waals surface area (Å²) in [5, 5.41) is 0. The van der Waals surface area contributed by atoms with E-state index < -0.39 is 18.8 Å². The lowest BCUT2D eigenvalue weighted by atomic mass is 10.4. The Labute approximate surface area is 204 Å². The summed E-state index contributed by atoms with van der Waals surface area (Å²) < 4.78 is 31.7. The SMILES string of the molecule is C=C(C)C(=O)OCCC[SiH2]C(OC(C)C)OC(C)C.C=C(C)C(=O)OCCC[SiH](OC)OC. The Morgan fingerprint density at radius 1 is 0.818 bits per heavy atom. The fraction of sp³-hybridized carbons (Fsp3) is 0.739. The van der Waals surface area contributed by atoms with Crippen LogP contribution in [0.2, 0.25) is 12.1 Å². The number of carbonyl (C=O) groups is 2. The van der Waals surface area contributed by atoms with Crippen LogP contribution in [0.3, 0.4) is 0 Å². The maximum Gasteiger partial charge on any atom is 0.333 e. The zero-order chi connectivity index (χ0) is 25.8. The molecule has 0 aromatic carbocycles. The second-order valence-corrected chi connectivity index (χ2v) is 12.5. The minimum atomic E-state index is -1.49. The molecule has 0 aliphatic heterocycles. The molecule has 10 heteroatoms. The first-order chi connectivity index (χ1) is 15.4. The monoisotopic (exact) mass is 506 g/mol. The first kappa shape index (κ1) is 33.9. The highest BCUT2D eigenvalue weighted by Gasteiger charge is 2.14. The maximum atomic E-state index is 11.2. The first-order valence-electron chi connectivity index (χ1n) is 11.5. The Kier molecular flexibility index (Phi) is 21.8. The number of hydrogen-bond acceptors (Lipinski definition) is 8. The van der Waals surface area contributed by atoms with Crippen molar-refractivity contribution < 1.29 is 37.4 Å². The Balaban J connectivity index is 0. The molecule has 0 radical (unpaired) electrons. The van der Waals surface area contributed by atoms with Crippen LogP contribution in [-0.2, 0) is 37.4 Å². The fourth-order valence-electron chi connectivity index (χ4n) is 2.35. The summed E-state index contributed by atoms with van der Waals surface area (Å²) in [7, 11) is 1.30. The Morgan fingerprint density at radius 2 is 1.24 bits per heavy atom. The molecule has 0 aromatic heterocycles. The van der Waals surface area contributed by atoms with E-state index >= 15 is 0 Å². The molecular weight excluding hydrogens is 460 g/mol. The van der Waals surface area contributed by atoms with Crippen molar-refractivity contribution in [2.24, 2.45) is 0 Å². The van der Waals surface area contributed by atoms with E-state index in [4.69, 9.17) is 27.8 Å². The fourth-order valence-corrected chi connectivity index (χ4v) is 5.38. The topological polar surface area (TPSA) is 89.5 Å². The third kappa shape index (κ3) is 22.3. The first-order valence-corrected chi connectivity index (χ1v) is 15.0. The van der Waals surface area contributed by atoms with Gasteiger partial charge in [-0.25, -0.2) is 9.59 Å². The van der Waals surface area contributed by atoms with Crippen LogP contribution in [0.5, 0.6) is 0 Å². The predicted molar refractivity (Wildman–Crippen MR) is 136 cm³/mol. The molecule has 0 saturated heterocycles. The lowest BCUT2D eigenvalue weighted by Gasteiger charge is -2.22. The molecule has 0 heterocycles. The van der Waals surface area contributed by atoms with Crippen molar-refractivity contribution in [3.8, 4) is 0 Å². The van der Waals surface area contributed by atoms with Gasteiger partial charge in [0.1, 0.15) is 5.91 Å². The quantitative estimate of drug-likeness (QED) is 0.0977. The number of carbonyl (C=O) groups excluding carboxylic acids is 2. The van der Waals surface area contributed by atoms with Crippen LogP contribution in [0.4, 0.5) is 0 Å². The van der Waals surface area contributed by atoms with Crippen molar-refractivity contribution in [3.05, 3.63) is 24.3 Å². The Bertz CT molecular complexity index is 553. The van der Waals surface area contributed by atoms with Crippen molar-refractivity contribution in [2.45, 2.75) is 84.6 Å². The van der Waals surface area contributed by atoms with Gasteiger partial charge >= 0.3 is 21.2 Å². The van der Waals surface area contributed by atoms with Gasteiger partial charge in [0.15, 0.2) is 0 Å². The predicted octanol–water partition coefficient (Wildman–Crippen LogP) is 3.23. The molecule has 0 bridgehead atoms. The van der Waals surface area contributed by atoms with Gasteiger partial charge in [-0.15, -0.1) is 0 Å². The van der Waals surface area contributed by atoms with Gasteiger partial charge in [-0.05, 0) is 60.4 Å². The summed E-state index contributed by atoms with van der Waals surface area (Å²) in [5.74, 6) is -0.690. The summed E-state index contributed by atoms with van der Waals surface area (Å²) in [6, 6.07) is 1.88. The highest BCUT2D eigenvalue weighted by molar-refractivity contribution is 6.44. The van der Waals surface area contributed by atoms with E-state index in [1.165, 1.54) is 0 Å². The van der Waals surface area contributed by atoms with E-state index in [2.05, 4.69) is 13.2 Å². The number of hydrogen-bond donors (Lipinski definition) is 0. The average molecular weight is 507 g/mol. The third-order valence-electron chi connectivity index (χ3n) is 3.96. The molecule has 0 fully saturated rings. The lowest BCUT2D eigenvalue weighted by molar-refractivity contribution is -0.139. The van der Waals surface area contributed by atoms with E-state index in [0.29, 0.717) is 24.4 Å². The van der Waals surface area contributed by atoms with Crippen molar-refractivity contribution in [1.82, 2.24) is 0 Å². The number of ether oxygens (including phenoxy) is 4. The average Bonchev–Trinajstić information content (AvgIpc) is 2.72. The molecule has 0 N–H and O–H groups in total. The minimum Gasteiger partial charge on any atom is -0.462 e. The van der Waals surface area contributed by atoms with Gasteiger partial charge in [0.2, 0.25) is 0 Å². The summed E-state index contributed by atoms with van der Waals surface area (Å²) in [6.45, 7) is 19.2. The summed E-state index contributed by atoms with van der Waals surface area (Å²) in [6.07, 6.45) is 2.00. The number of rotatable bonds is 17. The molecule has 0 saturated carbocycles. The van der Waals surface area contributed by atoms with Crippen LogP contribution in [0, 0.1) is 0 Å². The Morgan fingerprint density at radius 3 is 1.61 bits per heavy atom. The highest BCUT2D eigenvalue weighted by atomic mass is 28.3. The second-order valence-electron chi connectivity index (χ2n) is 8.17. The molecule has 0 amide bonds. The van der Waals surface area contributed by atoms with Gasteiger partial charge < -0.3 is 27.8 Å². The standard InChI is InChI=1S/C14H28O4Si.C9H18O4Si/c1-10(2)13(15)16-8-7-9-19-14(17-11(3)4)18-12(5)6;1-8(2)9(10)13-6-5-7-14(11-3)12-4/h11-12,14H,1,7-9,19H2,2-6H3;14H,1,5-7H2,2-4H3. The van der Waals surface area contributed by atoms with Crippen molar-refractivity contribution >= 4 is 30.7 Å². The van der Waals surface area contributed by atoms with Crippen molar-refractivity contribution in [3.63, 3.8) is 0 Å². The van der Waals surface area contributed by atoms with Gasteiger partial charge in [0.25, 0.3) is 0 Å². The molecule has 194 valence electrons. The molecule has 0 atom stereocenters. The molecule has 8 nitrogen and oxygen atoms in total. The highest BCUT2D eigenvalue weighted by Crippen LogP contribution is 2.06. The smallest absolute Gasteiger partial charge is 0.333 e. The van der Waals surface area contributed by atoms with Gasteiger partial charge in [-0.1, -0.05) is 19.2 Å². The third-order valence-corrected chi connectivity index (χ3v) is 7.65. The molecule has 33 heavy (non-hydrogen) atoms. The van der Waals surface area contributed by atoms with Gasteiger partial charge in [-0.3, -0.25) is 0 Å². The van der Waals surface area contributed by atoms with Gasteiger partial charge in [-0.2, -0.15) is 0 Å². The summed E-state index contributed by atoms with van der Waals surface area (Å²) in [5.41, 5.74) is 0.874. The van der Waals surface area contributed by atoms with Crippen molar-refractivity contribution in [1.29, 1.82) is 0 Å². The van der Waals surface area contributed by atoms with Crippen LogP contribution < -0.4 is 0 Å². The Hall–Kier alpha value is -1.31. The molecular formula is C23H46O8Si2. The van der Waals surface area contributed by atoms with E-state index in [0.717, 1.165) is 24.9 Å².